The number of hydrogen-bond donors (Lipinski definition) is 1. The second-order valence-electron chi connectivity index (χ2n) is 3.17. The molecule has 0 fully saturated rings. The highest BCUT2D eigenvalue weighted by Crippen LogP contribution is 2.16. The first kappa shape index (κ1) is 10.3. The van der Waals surface area contributed by atoms with Gasteiger partial charge in [0.25, 0.3) is 0 Å². The molecule has 5 nitrogen and oxygen atoms in total. The molecule has 1 N–H and O–H groups in total. The van der Waals surface area contributed by atoms with E-state index < -0.39 is 0 Å². The number of nitrogens with one attached hydrogen (secondary N) is 1. The minimum Gasteiger partial charge on any atom is -0.309 e. The summed E-state index contributed by atoms with van der Waals surface area (Å²) in [5, 5.41) is 2.67. The molecule has 15 heavy (non-hydrogen) atoms. The second-order valence-corrected chi connectivity index (χ2v) is 4.41. The first-order valence-corrected chi connectivity index (χ1v) is 5.43. The summed E-state index contributed by atoms with van der Waals surface area (Å²) >= 11 is 2.18. The zero-order valence-electron chi connectivity index (χ0n) is 8.28. The van der Waals surface area contributed by atoms with Gasteiger partial charge in [-0.25, -0.2) is 4.98 Å². The van der Waals surface area contributed by atoms with E-state index >= 15 is 0 Å². The maximum Gasteiger partial charge on any atom is 0.236 e. The highest BCUT2D eigenvalue weighted by atomic mass is 127. The van der Waals surface area contributed by atoms with Crippen molar-refractivity contribution in [3.63, 3.8) is 0 Å². The van der Waals surface area contributed by atoms with Gasteiger partial charge in [-0.1, -0.05) is 0 Å². The summed E-state index contributed by atoms with van der Waals surface area (Å²) < 4.78 is 2.88. The van der Waals surface area contributed by atoms with Gasteiger partial charge < -0.3 is 5.32 Å². The molecule has 0 unspecified atom stereocenters. The van der Waals surface area contributed by atoms with Crippen LogP contribution in [0.5, 0.6) is 0 Å². The molecule has 2 rings (SSSR count). The van der Waals surface area contributed by atoms with Crippen molar-refractivity contribution in [2.24, 2.45) is 0 Å². The summed E-state index contributed by atoms with van der Waals surface area (Å²) in [5.41, 5.74) is 0.881. The maximum atomic E-state index is 10.9. The van der Waals surface area contributed by atoms with Gasteiger partial charge in [0.2, 0.25) is 11.7 Å². The smallest absolute Gasteiger partial charge is 0.236 e. The number of aromatic nitrogens is 3. The van der Waals surface area contributed by atoms with E-state index in [4.69, 9.17) is 0 Å². The van der Waals surface area contributed by atoms with Gasteiger partial charge in [-0.3, -0.25) is 9.20 Å². The quantitative estimate of drug-likeness (QED) is 0.813. The molecule has 2 aromatic rings. The van der Waals surface area contributed by atoms with Crippen LogP contribution in [-0.4, -0.2) is 20.3 Å². The van der Waals surface area contributed by atoms with Gasteiger partial charge >= 0.3 is 0 Å². The molecule has 0 radical (unpaired) electrons. The number of imidazole rings is 1. The second kappa shape index (κ2) is 3.76. The van der Waals surface area contributed by atoms with E-state index in [0.29, 0.717) is 11.6 Å². The van der Waals surface area contributed by atoms with E-state index in [1.54, 1.807) is 6.20 Å². The van der Waals surface area contributed by atoms with Crippen LogP contribution in [0, 0.1) is 10.5 Å². The van der Waals surface area contributed by atoms with Gasteiger partial charge in [-0.2, -0.15) is 4.98 Å². The zero-order chi connectivity index (χ0) is 11.0. The molecular formula is C9H9IN4O. The molecule has 1 amide bonds. The predicted octanol–water partition coefficient (Wildman–Crippen LogP) is 1.60. The van der Waals surface area contributed by atoms with Crippen LogP contribution in [0.2, 0.25) is 0 Å². The number of rotatable bonds is 1. The van der Waals surface area contributed by atoms with Gasteiger partial charge in [0, 0.05) is 22.9 Å². The van der Waals surface area contributed by atoms with Crippen molar-refractivity contribution in [1.29, 1.82) is 0 Å². The van der Waals surface area contributed by atoms with E-state index in [1.165, 1.54) is 6.92 Å². The Bertz CT molecular complexity index is 534. The third-order valence-electron chi connectivity index (χ3n) is 1.98. The lowest BCUT2D eigenvalue weighted by Gasteiger charge is -1.98. The van der Waals surface area contributed by atoms with Crippen LogP contribution in [0.1, 0.15) is 12.6 Å². The summed E-state index contributed by atoms with van der Waals surface area (Å²) in [6.45, 7) is 3.35. The monoisotopic (exact) mass is 316 g/mol. The van der Waals surface area contributed by atoms with Gasteiger partial charge in [0.15, 0.2) is 5.82 Å². The standard InChI is InChI=1S/C9H9IN4O/c1-5-8(12-6(2)15)13-9-11-3-7(10)4-14(5)9/h3-4H,1-2H3,(H,12,15). The fourth-order valence-corrected chi connectivity index (χ4v) is 1.72. The highest BCUT2D eigenvalue weighted by Gasteiger charge is 2.09. The molecule has 6 heteroatoms. The lowest BCUT2D eigenvalue weighted by Crippen LogP contribution is -2.07. The lowest BCUT2D eigenvalue weighted by atomic mass is 10.4. The molecule has 0 saturated carbocycles. The number of amides is 1. The Labute approximate surface area is 100 Å². The summed E-state index contributed by atoms with van der Waals surface area (Å²) in [6.07, 6.45) is 3.66. The maximum absolute atomic E-state index is 10.9. The predicted molar refractivity (Wildman–Crippen MR) is 64.7 cm³/mol. The van der Waals surface area contributed by atoms with Crippen molar-refractivity contribution in [1.82, 2.24) is 14.4 Å². The summed E-state index contributed by atoms with van der Waals surface area (Å²) in [7, 11) is 0. The number of carbonyl (C=O) groups excluding carboxylic acids is 1. The van der Waals surface area contributed by atoms with E-state index in [0.717, 1.165) is 9.26 Å². The SMILES string of the molecule is CC(=O)Nc1nc2ncc(I)cn2c1C. The summed E-state index contributed by atoms with van der Waals surface area (Å²) in [6, 6.07) is 0. The number of halogens is 1. The minimum atomic E-state index is -0.129. The topological polar surface area (TPSA) is 59.3 Å². The Morgan fingerprint density at radius 1 is 1.60 bits per heavy atom. The lowest BCUT2D eigenvalue weighted by molar-refractivity contribution is -0.114. The Kier molecular flexibility index (Phi) is 2.59. The molecule has 0 atom stereocenters. The van der Waals surface area contributed by atoms with Crippen molar-refractivity contribution >= 4 is 40.1 Å². The van der Waals surface area contributed by atoms with Crippen molar-refractivity contribution in [2.45, 2.75) is 13.8 Å². The molecule has 0 spiro atoms. The van der Waals surface area contributed by atoms with E-state index in [1.807, 2.05) is 17.5 Å². The number of carbonyl (C=O) groups is 1. The van der Waals surface area contributed by atoms with Gasteiger partial charge in [-0.05, 0) is 29.5 Å². The normalized spacial score (nSPS) is 10.6. The molecule has 78 valence electrons. The molecule has 0 aromatic carbocycles. The van der Waals surface area contributed by atoms with Gasteiger partial charge in [-0.15, -0.1) is 0 Å². The van der Waals surface area contributed by atoms with E-state index in [2.05, 4.69) is 37.9 Å². The Balaban J connectivity index is 2.59. The van der Waals surface area contributed by atoms with Gasteiger partial charge in [0.05, 0.1) is 5.69 Å². The third kappa shape index (κ3) is 1.94. The molecular weight excluding hydrogens is 307 g/mol. The number of nitrogens with zero attached hydrogens (tertiary/aromatic N) is 3. The molecule has 0 aliphatic carbocycles. The van der Waals surface area contributed by atoms with Crippen molar-refractivity contribution in [2.75, 3.05) is 5.32 Å². The van der Waals surface area contributed by atoms with Crippen LogP contribution in [0.4, 0.5) is 5.82 Å². The first-order chi connectivity index (χ1) is 7.08. The summed E-state index contributed by atoms with van der Waals surface area (Å²) in [5.74, 6) is 1.03. The zero-order valence-corrected chi connectivity index (χ0v) is 10.4. The fraction of sp³-hybridized carbons (Fsp3) is 0.222. The molecule has 2 aromatic heterocycles. The number of fused-ring (bicyclic) bond motifs is 1. The fourth-order valence-electron chi connectivity index (χ4n) is 1.31. The van der Waals surface area contributed by atoms with Crippen LogP contribution in [0.25, 0.3) is 5.78 Å². The Morgan fingerprint density at radius 2 is 2.33 bits per heavy atom. The van der Waals surface area contributed by atoms with E-state index in [-0.39, 0.29) is 5.91 Å². The average Bonchev–Trinajstić information content (AvgIpc) is 2.44. The average molecular weight is 316 g/mol. The van der Waals surface area contributed by atoms with Gasteiger partial charge in [0.1, 0.15) is 0 Å². The van der Waals surface area contributed by atoms with Crippen LogP contribution in [-0.2, 0) is 4.79 Å². The van der Waals surface area contributed by atoms with Crippen LogP contribution in [0.3, 0.4) is 0 Å². The van der Waals surface area contributed by atoms with Crippen molar-refractivity contribution < 1.29 is 4.79 Å². The van der Waals surface area contributed by atoms with Crippen molar-refractivity contribution in [3.8, 4) is 0 Å². The highest BCUT2D eigenvalue weighted by molar-refractivity contribution is 14.1. The minimum absolute atomic E-state index is 0.129. The summed E-state index contributed by atoms with van der Waals surface area (Å²) in [4.78, 5) is 19.3. The van der Waals surface area contributed by atoms with Crippen LogP contribution < -0.4 is 5.32 Å². The first-order valence-electron chi connectivity index (χ1n) is 4.35. The molecule has 0 saturated heterocycles. The Hall–Kier alpha value is -1.18. The van der Waals surface area contributed by atoms with Crippen molar-refractivity contribution in [3.05, 3.63) is 21.7 Å². The Morgan fingerprint density at radius 3 is 3.00 bits per heavy atom. The molecule has 0 aliphatic heterocycles. The van der Waals surface area contributed by atoms with Crippen LogP contribution >= 0.6 is 22.6 Å². The number of aryl methyl sites for hydroxylation is 1. The molecule has 0 aliphatic rings. The van der Waals surface area contributed by atoms with Crippen LogP contribution in [0.15, 0.2) is 12.4 Å². The number of anilines is 1. The molecule has 2 heterocycles. The largest absolute Gasteiger partial charge is 0.309 e. The number of hydrogen-bond acceptors (Lipinski definition) is 3. The van der Waals surface area contributed by atoms with E-state index in [9.17, 15) is 4.79 Å². The third-order valence-corrected chi connectivity index (χ3v) is 2.54. The molecule has 0 bridgehead atoms.